The second-order valence-corrected chi connectivity index (χ2v) is 6.07. The molecule has 0 unspecified atom stereocenters. The van der Waals surface area contributed by atoms with E-state index in [1.807, 2.05) is 13.8 Å². The summed E-state index contributed by atoms with van der Waals surface area (Å²) in [4.78, 5) is -0.0602. The minimum atomic E-state index is -4.17. The van der Waals surface area contributed by atoms with Gasteiger partial charge in [-0.2, -0.15) is 8.42 Å². The van der Waals surface area contributed by atoms with Gasteiger partial charge in [0.25, 0.3) is 10.1 Å². The van der Waals surface area contributed by atoms with E-state index >= 15 is 0 Å². The summed E-state index contributed by atoms with van der Waals surface area (Å²) in [6.07, 6.45) is 0. The van der Waals surface area contributed by atoms with Gasteiger partial charge in [0.1, 0.15) is 0 Å². The Morgan fingerprint density at radius 1 is 1.44 bits per heavy atom. The molecule has 0 aliphatic carbocycles. The molecule has 0 bridgehead atoms. The lowest BCUT2D eigenvalue weighted by molar-refractivity contribution is 0.480. The van der Waals surface area contributed by atoms with Crippen LogP contribution in [0.1, 0.15) is 19.4 Å². The van der Waals surface area contributed by atoms with Crippen molar-refractivity contribution in [1.29, 1.82) is 0 Å². The molecule has 1 aromatic rings. The topological polar surface area (TPSA) is 66.4 Å². The molecule has 0 aliphatic heterocycles. The molecular formula is C10H14BrNO3S. The Morgan fingerprint density at radius 3 is 2.56 bits per heavy atom. The molecule has 16 heavy (non-hydrogen) atoms. The summed E-state index contributed by atoms with van der Waals surface area (Å²) in [6.45, 7) is 4.33. The molecule has 0 radical (unpaired) electrons. The van der Waals surface area contributed by atoms with E-state index in [1.54, 1.807) is 12.1 Å². The fourth-order valence-electron chi connectivity index (χ4n) is 1.23. The van der Waals surface area contributed by atoms with Crippen LogP contribution in [0.15, 0.2) is 27.6 Å². The molecular weight excluding hydrogens is 294 g/mol. The highest BCUT2D eigenvalue weighted by molar-refractivity contribution is 9.10. The molecule has 4 nitrogen and oxygen atoms in total. The first kappa shape index (κ1) is 13.6. The first-order valence-corrected chi connectivity index (χ1v) is 7.03. The third-order valence-corrected chi connectivity index (χ3v) is 3.44. The third-order valence-electron chi connectivity index (χ3n) is 2.01. The van der Waals surface area contributed by atoms with Gasteiger partial charge in [-0.1, -0.05) is 35.8 Å². The van der Waals surface area contributed by atoms with Gasteiger partial charge >= 0.3 is 0 Å². The largest absolute Gasteiger partial charge is 0.310 e. The highest BCUT2D eigenvalue weighted by Crippen LogP contribution is 2.21. The van der Waals surface area contributed by atoms with Gasteiger partial charge in [-0.05, 0) is 17.7 Å². The van der Waals surface area contributed by atoms with Crippen molar-refractivity contribution in [2.75, 3.05) is 0 Å². The zero-order valence-corrected chi connectivity index (χ0v) is 11.5. The van der Waals surface area contributed by atoms with E-state index < -0.39 is 10.1 Å². The van der Waals surface area contributed by atoms with Gasteiger partial charge in [0.05, 0.1) is 4.90 Å². The Morgan fingerprint density at radius 2 is 2.06 bits per heavy atom. The van der Waals surface area contributed by atoms with Gasteiger partial charge in [-0.25, -0.2) is 0 Å². The van der Waals surface area contributed by atoms with E-state index in [1.165, 1.54) is 6.07 Å². The minimum Gasteiger partial charge on any atom is -0.310 e. The zero-order chi connectivity index (χ0) is 12.3. The first-order chi connectivity index (χ1) is 7.30. The van der Waals surface area contributed by atoms with E-state index in [0.717, 1.165) is 0 Å². The van der Waals surface area contributed by atoms with Crippen LogP contribution in [-0.2, 0) is 16.7 Å². The molecule has 6 heteroatoms. The molecule has 1 aromatic carbocycles. The quantitative estimate of drug-likeness (QED) is 0.837. The minimum absolute atomic E-state index is 0.0602. The van der Waals surface area contributed by atoms with Crippen LogP contribution in [0.4, 0.5) is 0 Å². The van der Waals surface area contributed by atoms with Crippen LogP contribution in [0.25, 0.3) is 0 Å². The third kappa shape index (κ3) is 3.86. The van der Waals surface area contributed by atoms with Crippen LogP contribution in [0, 0.1) is 0 Å². The van der Waals surface area contributed by atoms with Gasteiger partial charge in [0.2, 0.25) is 0 Å². The molecule has 0 fully saturated rings. The van der Waals surface area contributed by atoms with Crippen molar-refractivity contribution in [3.8, 4) is 0 Å². The molecule has 0 saturated heterocycles. The van der Waals surface area contributed by atoms with E-state index in [2.05, 4.69) is 21.2 Å². The van der Waals surface area contributed by atoms with Crippen molar-refractivity contribution >= 4 is 26.0 Å². The molecule has 0 atom stereocenters. The number of benzene rings is 1. The van der Waals surface area contributed by atoms with Crippen molar-refractivity contribution in [3.63, 3.8) is 0 Å². The highest BCUT2D eigenvalue weighted by atomic mass is 79.9. The van der Waals surface area contributed by atoms with Crippen molar-refractivity contribution < 1.29 is 13.0 Å². The van der Waals surface area contributed by atoms with Crippen LogP contribution in [-0.4, -0.2) is 19.0 Å². The van der Waals surface area contributed by atoms with Crippen molar-refractivity contribution in [2.45, 2.75) is 31.3 Å². The zero-order valence-electron chi connectivity index (χ0n) is 9.07. The second kappa shape index (κ2) is 5.27. The number of hydrogen-bond donors (Lipinski definition) is 2. The fourth-order valence-corrected chi connectivity index (χ4v) is 2.49. The van der Waals surface area contributed by atoms with E-state index in [-0.39, 0.29) is 10.9 Å². The Bertz CT molecular complexity index is 471. The second-order valence-electron chi connectivity index (χ2n) is 3.76. The standard InChI is InChI=1S/C10H14BrNO3S/c1-7(2)12-6-8-3-4-9(11)5-10(8)16(13,14)15/h3-5,7,12H,6H2,1-2H3,(H,13,14,15). The van der Waals surface area contributed by atoms with Gasteiger partial charge in [0.15, 0.2) is 0 Å². The average Bonchev–Trinajstić information content (AvgIpc) is 2.14. The Kier molecular flexibility index (Phi) is 4.49. The van der Waals surface area contributed by atoms with Crippen LogP contribution in [0.5, 0.6) is 0 Å². The molecule has 0 spiro atoms. The summed E-state index contributed by atoms with van der Waals surface area (Å²) in [5.41, 5.74) is 0.555. The summed E-state index contributed by atoms with van der Waals surface area (Å²) < 4.78 is 32.0. The molecule has 2 N–H and O–H groups in total. The van der Waals surface area contributed by atoms with Crippen molar-refractivity contribution in [1.82, 2.24) is 5.32 Å². The van der Waals surface area contributed by atoms with Crippen molar-refractivity contribution in [2.24, 2.45) is 0 Å². The maximum Gasteiger partial charge on any atom is 0.294 e. The van der Waals surface area contributed by atoms with Crippen LogP contribution in [0.3, 0.4) is 0 Å². The lowest BCUT2D eigenvalue weighted by atomic mass is 10.2. The van der Waals surface area contributed by atoms with Gasteiger partial charge < -0.3 is 5.32 Å². The lowest BCUT2D eigenvalue weighted by Gasteiger charge is -2.11. The Hall–Kier alpha value is -0.430. The van der Waals surface area contributed by atoms with Crippen molar-refractivity contribution in [3.05, 3.63) is 28.2 Å². The molecule has 0 aromatic heterocycles. The Balaban J connectivity index is 3.09. The van der Waals surface area contributed by atoms with E-state index in [4.69, 9.17) is 4.55 Å². The van der Waals surface area contributed by atoms with E-state index in [0.29, 0.717) is 16.6 Å². The summed E-state index contributed by atoms with van der Waals surface area (Å²) in [7, 11) is -4.17. The highest BCUT2D eigenvalue weighted by Gasteiger charge is 2.15. The lowest BCUT2D eigenvalue weighted by Crippen LogP contribution is -2.23. The summed E-state index contributed by atoms with van der Waals surface area (Å²) in [6, 6.07) is 5.05. The van der Waals surface area contributed by atoms with Crippen LogP contribution < -0.4 is 5.32 Å². The predicted octanol–water partition coefficient (Wildman–Crippen LogP) is 2.19. The normalized spacial score (nSPS) is 12.1. The van der Waals surface area contributed by atoms with Gasteiger partial charge in [-0.15, -0.1) is 0 Å². The molecule has 0 saturated carbocycles. The number of hydrogen-bond acceptors (Lipinski definition) is 3. The molecule has 1 rings (SSSR count). The predicted molar refractivity (Wildman–Crippen MR) is 65.9 cm³/mol. The molecule has 0 amide bonds. The smallest absolute Gasteiger partial charge is 0.294 e. The summed E-state index contributed by atoms with van der Waals surface area (Å²) in [5, 5.41) is 3.10. The monoisotopic (exact) mass is 307 g/mol. The number of nitrogens with one attached hydrogen (secondary N) is 1. The average molecular weight is 308 g/mol. The SMILES string of the molecule is CC(C)NCc1ccc(Br)cc1S(=O)(=O)O. The summed E-state index contributed by atoms with van der Waals surface area (Å²) >= 11 is 3.17. The maximum absolute atomic E-state index is 11.2. The van der Waals surface area contributed by atoms with Gasteiger partial charge in [0, 0.05) is 17.1 Å². The number of rotatable bonds is 4. The molecule has 0 heterocycles. The fraction of sp³-hybridized carbons (Fsp3) is 0.400. The molecule has 90 valence electrons. The molecule has 0 aliphatic rings. The number of halogens is 1. The van der Waals surface area contributed by atoms with E-state index in [9.17, 15) is 8.42 Å². The Labute approximate surface area is 104 Å². The van der Waals surface area contributed by atoms with Crippen LogP contribution >= 0.6 is 15.9 Å². The summed E-state index contributed by atoms with van der Waals surface area (Å²) in [5.74, 6) is 0. The van der Waals surface area contributed by atoms with Crippen LogP contribution in [0.2, 0.25) is 0 Å². The van der Waals surface area contributed by atoms with Gasteiger partial charge in [-0.3, -0.25) is 4.55 Å². The maximum atomic E-state index is 11.2. The first-order valence-electron chi connectivity index (χ1n) is 4.80.